The van der Waals surface area contributed by atoms with Crippen LogP contribution in [0.25, 0.3) is 11.5 Å². The van der Waals surface area contributed by atoms with Gasteiger partial charge in [-0.05, 0) is 42.5 Å². The number of halogens is 1. The Hall–Kier alpha value is -2.55. The molecule has 30 heavy (non-hydrogen) atoms. The Balaban J connectivity index is 1.44. The minimum absolute atomic E-state index is 0.341. The molecule has 2 heterocycles. The second-order valence-corrected chi connectivity index (χ2v) is 7.70. The lowest BCUT2D eigenvalue weighted by Crippen LogP contribution is -2.47. The molecule has 158 valence electrons. The van der Waals surface area contributed by atoms with Gasteiger partial charge >= 0.3 is 0 Å². The standard InChI is InChI=1S/C21H23ClN4O3S/c1-27-18-8-7-15(13-19(18)28-2)20-23-26(21(30)29-20)14-24-9-11-25(12-10-24)17-6-4-3-5-16(17)22/h3-8,13H,9-12,14H2,1-2H3. The molecule has 0 saturated carbocycles. The maximum Gasteiger partial charge on any atom is 0.288 e. The van der Waals surface area contributed by atoms with Crippen molar-refractivity contribution < 1.29 is 13.9 Å². The number of benzene rings is 2. The molecule has 7 nitrogen and oxygen atoms in total. The molecule has 0 radical (unpaired) electrons. The van der Waals surface area contributed by atoms with E-state index in [4.69, 9.17) is 37.7 Å². The maximum atomic E-state index is 6.33. The zero-order valence-electron chi connectivity index (χ0n) is 16.9. The molecule has 2 aromatic carbocycles. The van der Waals surface area contributed by atoms with Crippen molar-refractivity contribution in [2.24, 2.45) is 0 Å². The molecule has 1 aromatic heterocycles. The van der Waals surface area contributed by atoms with Gasteiger partial charge in [-0.15, -0.1) is 5.10 Å². The van der Waals surface area contributed by atoms with Crippen LogP contribution < -0.4 is 14.4 Å². The van der Waals surface area contributed by atoms with Gasteiger partial charge < -0.3 is 18.8 Å². The third-order valence-electron chi connectivity index (χ3n) is 5.14. The highest BCUT2D eigenvalue weighted by atomic mass is 35.5. The molecule has 9 heteroatoms. The summed E-state index contributed by atoms with van der Waals surface area (Å²) < 4.78 is 18.1. The normalized spacial score (nSPS) is 14.7. The van der Waals surface area contributed by atoms with Crippen LogP contribution in [0.3, 0.4) is 0 Å². The second kappa shape index (κ2) is 9.07. The summed E-state index contributed by atoms with van der Waals surface area (Å²) in [4.78, 5) is 4.94. The Kier molecular flexibility index (Phi) is 6.26. The van der Waals surface area contributed by atoms with Crippen molar-refractivity contribution in [2.45, 2.75) is 6.67 Å². The molecular weight excluding hydrogens is 424 g/mol. The number of methoxy groups -OCH3 is 2. The first-order valence-electron chi connectivity index (χ1n) is 9.61. The summed E-state index contributed by atoms with van der Waals surface area (Å²) in [5, 5.41) is 5.35. The number of rotatable bonds is 6. The van der Waals surface area contributed by atoms with Crippen LogP contribution in [-0.4, -0.2) is 55.1 Å². The van der Waals surface area contributed by atoms with Gasteiger partial charge in [-0.1, -0.05) is 23.7 Å². The van der Waals surface area contributed by atoms with Gasteiger partial charge in [-0.25, -0.2) is 4.68 Å². The van der Waals surface area contributed by atoms with Crippen LogP contribution in [0.5, 0.6) is 11.5 Å². The van der Waals surface area contributed by atoms with Crippen molar-refractivity contribution in [2.75, 3.05) is 45.3 Å². The van der Waals surface area contributed by atoms with E-state index in [1.165, 1.54) is 0 Å². The monoisotopic (exact) mass is 446 g/mol. The van der Waals surface area contributed by atoms with Crippen LogP contribution in [-0.2, 0) is 6.67 Å². The van der Waals surface area contributed by atoms with Gasteiger partial charge in [0.15, 0.2) is 11.5 Å². The molecule has 0 bridgehead atoms. The van der Waals surface area contributed by atoms with E-state index in [9.17, 15) is 0 Å². The van der Waals surface area contributed by atoms with Crippen LogP contribution in [0.1, 0.15) is 0 Å². The average molecular weight is 447 g/mol. The van der Waals surface area contributed by atoms with Gasteiger partial charge in [0.05, 0.1) is 31.6 Å². The van der Waals surface area contributed by atoms with Gasteiger partial charge in [-0.3, -0.25) is 4.90 Å². The molecule has 1 fully saturated rings. The summed E-state index contributed by atoms with van der Waals surface area (Å²) >= 11 is 11.7. The Labute approximate surface area is 185 Å². The fourth-order valence-electron chi connectivity index (χ4n) is 3.51. The van der Waals surface area contributed by atoms with Gasteiger partial charge in [-0.2, -0.15) is 0 Å². The number of para-hydroxylation sites is 1. The zero-order valence-corrected chi connectivity index (χ0v) is 18.4. The Bertz CT molecular complexity index is 1080. The number of nitrogens with zero attached hydrogens (tertiary/aromatic N) is 4. The van der Waals surface area contributed by atoms with Crippen LogP contribution in [0, 0.1) is 4.84 Å². The van der Waals surface area contributed by atoms with E-state index in [-0.39, 0.29) is 0 Å². The van der Waals surface area contributed by atoms with E-state index in [0.717, 1.165) is 42.5 Å². The molecule has 4 rings (SSSR count). The van der Waals surface area contributed by atoms with Crippen molar-refractivity contribution in [3.63, 3.8) is 0 Å². The largest absolute Gasteiger partial charge is 0.493 e. The Morgan fingerprint density at radius 3 is 2.47 bits per heavy atom. The third-order valence-corrected chi connectivity index (χ3v) is 5.75. The quantitative estimate of drug-likeness (QED) is 0.522. The Morgan fingerprint density at radius 1 is 1.03 bits per heavy atom. The van der Waals surface area contributed by atoms with Gasteiger partial charge in [0.25, 0.3) is 4.84 Å². The molecule has 0 spiro atoms. The smallest absolute Gasteiger partial charge is 0.288 e. The van der Waals surface area contributed by atoms with Crippen LogP contribution >= 0.6 is 23.8 Å². The molecule has 1 aliphatic rings. The second-order valence-electron chi connectivity index (χ2n) is 6.94. The average Bonchev–Trinajstić information content (AvgIpc) is 3.14. The highest BCUT2D eigenvalue weighted by Gasteiger charge is 2.20. The zero-order chi connectivity index (χ0) is 21.1. The van der Waals surface area contributed by atoms with Crippen molar-refractivity contribution in [1.82, 2.24) is 14.7 Å². The van der Waals surface area contributed by atoms with E-state index in [1.807, 2.05) is 36.4 Å². The highest BCUT2D eigenvalue weighted by molar-refractivity contribution is 7.71. The predicted molar refractivity (Wildman–Crippen MR) is 119 cm³/mol. The predicted octanol–water partition coefficient (Wildman–Crippen LogP) is 4.32. The number of anilines is 1. The van der Waals surface area contributed by atoms with Crippen molar-refractivity contribution in [3.05, 3.63) is 52.3 Å². The van der Waals surface area contributed by atoms with Crippen molar-refractivity contribution in [1.29, 1.82) is 0 Å². The van der Waals surface area contributed by atoms with Crippen LogP contribution in [0.4, 0.5) is 5.69 Å². The molecule has 1 aliphatic heterocycles. The van der Waals surface area contributed by atoms with Crippen LogP contribution in [0.15, 0.2) is 46.9 Å². The highest BCUT2D eigenvalue weighted by Crippen LogP contribution is 2.32. The van der Waals surface area contributed by atoms with E-state index in [0.29, 0.717) is 28.9 Å². The first-order valence-corrected chi connectivity index (χ1v) is 10.4. The minimum atomic E-state index is 0.341. The number of piperazine rings is 1. The van der Waals surface area contributed by atoms with Gasteiger partial charge in [0.1, 0.15) is 0 Å². The lowest BCUT2D eigenvalue weighted by atomic mass is 10.2. The van der Waals surface area contributed by atoms with Gasteiger partial charge in [0, 0.05) is 31.7 Å². The summed E-state index contributed by atoms with van der Waals surface area (Å²) in [7, 11) is 3.20. The van der Waals surface area contributed by atoms with E-state index in [1.54, 1.807) is 18.9 Å². The molecule has 0 N–H and O–H groups in total. The van der Waals surface area contributed by atoms with Gasteiger partial charge in [0.2, 0.25) is 5.89 Å². The number of aromatic nitrogens is 2. The lowest BCUT2D eigenvalue weighted by Gasteiger charge is -2.36. The lowest BCUT2D eigenvalue weighted by molar-refractivity contribution is 0.192. The summed E-state index contributed by atoms with van der Waals surface area (Å²) in [6, 6.07) is 13.5. The molecule has 3 aromatic rings. The Morgan fingerprint density at radius 2 is 1.77 bits per heavy atom. The topological polar surface area (TPSA) is 55.9 Å². The molecule has 1 saturated heterocycles. The molecule has 0 atom stereocenters. The summed E-state index contributed by atoms with van der Waals surface area (Å²) in [5.41, 5.74) is 1.86. The molecule has 0 aliphatic carbocycles. The third kappa shape index (κ3) is 4.30. The number of hydrogen-bond donors (Lipinski definition) is 0. The van der Waals surface area contributed by atoms with E-state index >= 15 is 0 Å². The SMILES string of the molecule is COc1ccc(-c2nn(CN3CCN(c4ccccc4Cl)CC3)c(=S)o2)cc1OC. The fourth-order valence-corrected chi connectivity index (χ4v) is 3.94. The minimum Gasteiger partial charge on any atom is -0.493 e. The fraction of sp³-hybridized carbons (Fsp3) is 0.333. The molecule has 0 amide bonds. The first-order chi connectivity index (χ1) is 14.6. The number of ether oxygens (including phenoxy) is 2. The van der Waals surface area contributed by atoms with Crippen molar-refractivity contribution >= 4 is 29.5 Å². The van der Waals surface area contributed by atoms with Crippen molar-refractivity contribution in [3.8, 4) is 23.0 Å². The molecular formula is C21H23ClN4O3S. The van der Waals surface area contributed by atoms with Crippen LogP contribution in [0.2, 0.25) is 5.02 Å². The van der Waals surface area contributed by atoms with E-state index < -0.39 is 0 Å². The maximum absolute atomic E-state index is 6.33. The van der Waals surface area contributed by atoms with E-state index in [2.05, 4.69) is 21.0 Å². The number of hydrogen-bond acceptors (Lipinski definition) is 7. The summed E-state index contributed by atoms with van der Waals surface area (Å²) in [6.45, 7) is 4.11. The first kappa shape index (κ1) is 20.7. The summed E-state index contributed by atoms with van der Waals surface area (Å²) in [5.74, 6) is 1.72. The molecule has 0 unspecified atom stereocenters. The summed E-state index contributed by atoms with van der Waals surface area (Å²) in [6.07, 6.45) is 0.